The highest BCUT2D eigenvalue weighted by atomic mass is 16.1. The van der Waals surface area contributed by atoms with E-state index in [0.717, 1.165) is 28.0 Å². The van der Waals surface area contributed by atoms with Crippen molar-refractivity contribution >= 4 is 22.4 Å². The monoisotopic (exact) mass is 381 g/mol. The van der Waals surface area contributed by atoms with Crippen LogP contribution < -0.4 is 4.90 Å². The van der Waals surface area contributed by atoms with Gasteiger partial charge in [-0.3, -0.25) is 4.79 Å². The summed E-state index contributed by atoms with van der Waals surface area (Å²) >= 11 is 0. The van der Waals surface area contributed by atoms with Gasteiger partial charge in [0.2, 0.25) is 5.78 Å². The van der Waals surface area contributed by atoms with Gasteiger partial charge in [-0.05, 0) is 36.8 Å². The molecule has 0 aliphatic carbocycles. The van der Waals surface area contributed by atoms with E-state index in [-0.39, 0.29) is 16.8 Å². The van der Waals surface area contributed by atoms with Crippen molar-refractivity contribution in [1.82, 2.24) is 4.98 Å². The average Bonchev–Trinajstić information content (AvgIpc) is 3.14. The summed E-state index contributed by atoms with van der Waals surface area (Å²) in [6.45, 7) is 6.19. The van der Waals surface area contributed by atoms with Gasteiger partial charge in [-0.25, -0.2) is 0 Å². The molecule has 3 aromatic rings. The Balaban J connectivity index is 1.77. The van der Waals surface area contributed by atoms with Crippen molar-refractivity contribution in [1.29, 1.82) is 5.26 Å². The predicted octanol–water partition coefficient (Wildman–Crippen LogP) is 5.42. The lowest BCUT2D eigenvalue weighted by molar-refractivity contribution is 0.104. The molecule has 1 N–H and O–H groups in total. The van der Waals surface area contributed by atoms with Crippen LogP contribution in [0.15, 0.2) is 72.0 Å². The number of fused-ring (bicyclic) bond motifs is 2. The second-order valence-electron chi connectivity index (χ2n) is 7.94. The molecule has 0 radical (unpaired) electrons. The number of likely N-dealkylation sites (N-methyl/N-ethyl adjacent to an activating group) is 1. The molecule has 1 aliphatic rings. The standard InChI is InChI=1S/C25H23N3O/c1-16-23(18-9-5-7-11-20(18)27-16)24(29)17(15-26)13-14-22-25(2,3)19-10-6-8-12-21(19)28(22)4/h5-14,27H,1-4H3/b17-13+,22-14-. The molecule has 0 saturated heterocycles. The number of carbonyl (C=O) groups is 1. The van der Waals surface area contributed by atoms with Crippen molar-refractivity contribution in [2.75, 3.05) is 11.9 Å². The number of aromatic amines is 1. The summed E-state index contributed by atoms with van der Waals surface area (Å²) in [5.41, 5.74) is 5.59. The zero-order valence-corrected chi connectivity index (χ0v) is 17.1. The van der Waals surface area contributed by atoms with Crippen LogP contribution in [0, 0.1) is 18.3 Å². The van der Waals surface area contributed by atoms with Crippen molar-refractivity contribution in [3.05, 3.63) is 88.8 Å². The molecule has 0 bridgehead atoms. The fourth-order valence-corrected chi connectivity index (χ4v) is 4.33. The number of aryl methyl sites for hydroxylation is 1. The minimum Gasteiger partial charge on any atom is -0.358 e. The fraction of sp³-hybridized carbons (Fsp3) is 0.200. The van der Waals surface area contributed by atoms with E-state index < -0.39 is 0 Å². The molecule has 0 fully saturated rings. The van der Waals surface area contributed by atoms with Crippen molar-refractivity contribution < 1.29 is 4.79 Å². The lowest BCUT2D eigenvalue weighted by atomic mass is 9.83. The van der Waals surface area contributed by atoms with Gasteiger partial charge >= 0.3 is 0 Å². The first-order valence-corrected chi connectivity index (χ1v) is 9.64. The van der Waals surface area contributed by atoms with E-state index in [1.165, 1.54) is 5.56 Å². The van der Waals surface area contributed by atoms with Gasteiger partial charge in [-0.1, -0.05) is 50.2 Å². The summed E-state index contributed by atoms with van der Waals surface area (Å²) in [6.07, 6.45) is 3.56. The van der Waals surface area contributed by atoms with Crippen LogP contribution in [0.25, 0.3) is 10.9 Å². The number of nitrogens with zero attached hydrogens (tertiary/aromatic N) is 2. The quantitative estimate of drug-likeness (QED) is 0.374. The number of aromatic nitrogens is 1. The van der Waals surface area contributed by atoms with Crippen molar-refractivity contribution in [2.24, 2.45) is 0 Å². The molecular formula is C25H23N3O. The van der Waals surface area contributed by atoms with E-state index in [1.807, 2.05) is 56.4 Å². The Bertz CT molecular complexity index is 1230. The van der Waals surface area contributed by atoms with Crippen LogP contribution >= 0.6 is 0 Å². The zero-order chi connectivity index (χ0) is 20.8. The van der Waals surface area contributed by atoms with Crippen LogP contribution in [-0.4, -0.2) is 17.8 Å². The average molecular weight is 381 g/mol. The minimum absolute atomic E-state index is 0.130. The molecule has 4 nitrogen and oxygen atoms in total. The minimum atomic E-state index is -0.254. The van der Waals surface area contributed by atoms with Crippen LogP contribution in [0.3, 0.4) is 0 Å². The molecule has 0 spiro atoms. The third-order valence-electron chi connectivity index (χ3n) is 5.83. The molecule has 1 aliphatic heterocycles. The van der Waals surface area contributed by atoms with Gasteiger partial charge in [0.15, 0.2) is 0 Å². The molecule has 1 aromatic heterocycles. The number of benzene rings is 2. The van der Waals surface area contributed by atoms with Gasteiger partial charge in [-0.2, -0.15) is 5.26 Å². The highest BCUT2D eigenvalue weighted by molar-refractivity contribution is 6.19. The van der Waals surface area contributed by atoms with Crippen LogP contribution in [-0.2, 0) is 5.41 Å². The number of rotatable bonds is 3. The smallest absolute Gasteiger partial charge is 0.205 e. The number of hydrogen-bond acceptors (Lipinski definition) is 3. The first-order valence-electron chi connectivity index (χ1n) is 9.64. The normalized spacial score (nSPS) is 16.9. The maximum absolute atomic E-state index is 13.2. The maximum Gasteiger partial charge on any atom is 0.205 e. The Kier molecular flexibility index (Phi) is 4.39. The molecule has 0 amide bonds. The van der Waals surface area contributed by atoms with Crippen molar-refractivity contribution in [3.8, 4) is 6.07 Å². The summed E-state index contributed by atoms with van der Waals surface area (Å²) in [6, 6.07) is 18.0. The number of anilines is 1. The molecule has 4 heteroatoms. The molecule has 0 unspecified atom stereocenters. The first kappa shape index (κ1) is 18.8. The predicted molar refractivity (Wildman–Crippen MR) is 117 cm³/mol. The van der Waals surface area contributed by atoms with E-state index >= 15 is 0 Å². The number of allylic oxidation sites excluding steroid dienone is 4. The fourth-order valence-electron chi connectivity index (χ4n) is 4.33. The number of carbonyl (C=O) groups excluding carboxylic acids is 1. The van der Waals surface area contributed by atoms with Crippen molar-refractivity contribution in [3.63, 3.8) is 0 Å². The van der Waals surface area contributed by atoms with Gasteiger partial charge in [0.1, 0.15) is 11.6 Å². The first-order chi connectivity index (χ1) is 13.9. The number of nitrogens with one attached hydrogen (secondary N) is 1. The highest BCUT2D eigenvalue weighted by Gasteiger charge is 2.37. The van der Waals surface area contributed by atoms with Gasteiger partial charge in [0, 0.05) is 40.4 Å². The van der Waals surface area contributed by atoms with Gasteiger partial charge in [0.25, 0.3) is 0 Å². The molecular weight excluding hydrogens is 358 g/mol. The molecule has 29 heavy (non-hydrogen) atoms. The Morgan fingerprint density at radius 2 is 1.83 bits per heavy atom. The Labute approximate surface area is 170 Å². The number of para-hydroxylation sites is 2. The van der Waals surface area contributed by atoms with Crippen LogP contribution in [0.2, 0.25) is 0 Å². The van der Waals surface area contributed by atoms with Crippen LogP contribution in [0.1, 0.15) is 35.5 Å². The highest BCUT2D eigenvalue weighted by Crippen LogP contribution is 2.46. The molecule has 0 atom stereocenters. The summed E-state index contributed by atoms with van der Waals surface area (Å²) in [5, 5.41) is 10.6. The lowest BCUT2D eigenvalue weighted by Crippen LogP contribution is -2.22. The summed E-state index contributed by atoms with van der Waals surface area (Å²) in [7, 11) is 2.02. The maximum atomic E-state index is 13.2. The lowest BCUT2D eigenvalue weighted by Gasteiger charge is -2.23. The molecule has 144 valence electrons. The largest absolute Gasteiger partial charge is 0.358 e. The number of hydrogen-bond donors (Lipinski definition) is 1. The SMILES string of the molecule is Cc1[nH]c2ccccc2c1C(=O)/C(C#N)=C/C=C1\N(C)c2ccccc2C1(C)C. The van der Waals surface area contributed by atoms with Crippen LogP contribution in [0.4, 0.5) is 5.69 Å². The Morgan fingerprint density at radius 3 is 2.55 bits per heavy atom. The molecule has 2 heterocycles. The zero-order valence-electron chi connectivity index (χ0n) is 17.1. The second kappa shape index (κ2) is 6.79. The van der Waals surface area contributed by atoms with E-state index in [9.17, 15) is 10.1 Å². The summed E-state index contributed by atoms with van der Waals surface area (Å²) in [5.74, 6) is -0.254. The number of ketones is 1. The number of H-pyrrole nitrogens is 1. The Morgan fingerprint density at radius 1 is 1.14 bits per heavy atom. The van der Waals surface area contributed by atoms with Gasteiger partial charge < -0.3 is 9.88 Å². The molecule has 4 rings (SSSR count). The van der Waals surface area contributed by atoms with E-state index in [4.69, 9.17) is 0 Å². The molecule has 2 aromatic carbocycles. The van der Waals surface area contributed by atoms with E-state index in [0.29, 0.717) is 5.56 Å². The third-order valence-corrected chi connectivity index (χ3v) is 5.83. The number of Topliss-reactive ketones (excluding diaryl/α,β-unsaturated/α-hetero) is 1. The van der Waals surface area contributed by atoms with E-state index in [2.05, 4.69) is 41.9 Å². The topological polar surface area (TPSA) is 59.9 Å². The molecule has 0 saturated carbocycles. The summed E-state index contributed by atoms with van der Waals surface area (Å²) < 4.78 is 0. The van der Waals surface area contributed by atoms with Gasteiger partial charge in [0.05, 0.1) is 5.56 Å². The van der Waals surface area contributed by atoms with E-state index in [1.54, 1.807) is 6.08 Å². The van der Waals surface area contributed by atoms with Crippen LogP contribution in [0.5, 0.6) is 0 Å². The third kappa shape index (κ3) is 2.87. The second-order valence-corrected chi connectivity index (χ2v) is 7.94. The number of nitriles is 1. The summed E-state index contributed by atoms with van der Waals surface area (Å²) in [4.78, 5) is 18.5. The Hall–Kier alpha value is -3.58. The van der Waals surface area contributed by atoms with Crippen molar-refractivity contribution in [2.45, 2.75) is 26.2 Å². The van der Waals surface area contributed by atoms with Gasteiger partial charge in [-0.15, -0.1) is 0 Å².